The topological polar surface area (TPSA) is 44.5 Å². The second kappa shape index (κ2) is 6.88. The van der Waals surface area contributed by atoms with Gasteiger partial charge in [-0.3, -0.25) is 0 Å². The minimum atomic E-state index is -0.0361. The van der Waals surface area contributed by atoms with Crippen molar-refractivity contribution in [3.05, 3.63) is 0 Å². The van der Waals surface area contributed by atoms with Crippen LogP contribution in [0.2, 0.25) is 0 Å². The summed E-state index contributed by atoms with van der Waals surface area (Å²) in [4.78, 5) is 0. The Hall–Kier alpha value is -0.120. The molecule has 2 atom stereocenters. The van der Waals surface area contributed by atoms with Gasteiger partial charge >= 0.3 is 0 Å². The van der Waals surface area contributed by atoms with Crippen LogP contribution in [0.25, 0.3) is 0 Å². The van der Waals surface area contributed by atoms with Crippen LogP contribution in [0.15, 0.2) is 0 Å². The number of nitrogens with two attached hydrogens (primary N) is 1. The maximum atomic E-state index is 6.47. The average molecular weight is 255 g/mol. The Labute approximate surface area is 111 Å². The quantitative estimate of drug-likeness (QED) is 0.793. The lowest BCUT2D eigenvalue weighted by molar-refractivity contribution is -0.0851. The molecule has 3 heteroatoms. The predicted molar refractivity (Wildman–Crippen MR) is 73.6 cm³/mol. The molecule has 1 heterocycles. The van der Waals surface area contributed by atoms with Crippen LogP contribution in [0.3, 0.4) is 0 Å². The molecule has 1 aliphatic carbocycles. The lowest BCUT2D eigenvalue weighted by atomic mass is 9.77. The lowest BCUT2D eigenvalue weighted by Gasteiger charge is -2.42. The van der Waals surface area contributed by atoms with E-state index in [1.807, 2.05) is 0 Å². The zero-order chi connectivity index (χ0) is 12.8. The maximum Gasteiger partial charge on any atom is 0.0832 e. The van der Waals surface area contributed by atoms with Crippen molar-refractivity contribution in [2.45, 2.75) is 82.5 Å². The van der Waals surface area contributed by atoms with E-state index in [-0.39, 0.29) is 11.6 Å². The van der Waals surface area contributed by atoms with Crippen LogP contribution < -0.4 is 5.73 Å². The van der Waals surface area contributed by atoms with Crippen molar-refractivity contribution >= 4 is 0 Å². The van der Waals surface area contributed by atoms with Gasteiger partial charge in [0.1, 0.15) is 0 Å². The van der Waals surface area contributed by atoms with Crippen LogP contribution in [0, 0.1) is 0 Å². The van der Waals surface area contributed by atoms with E-state index in [9.17, 15) is 0 Å². The molecule has 0 radical (unpaired) electrons. The molecule has 0 aromatic heterocycles. The van der Waals surface area contributed by atoms with E-state index in [1.165, 1.54) is 32.1 Å². The zero-order valence-electron chi connectivity index (χ0n) is 11.8. The van der Waals surface area contributed by atoms with Crippen molar-refractivity contribution in [3.63, 3.8) is 0 Å². The fraction of sp³-hybridized carbons (Fsp3) is 1.00. The number of hydrogen-bond donors (Lipinski definition) is 1. The molecule has 2 unspecified atom stereocenters. The van der Waals surface area contributed by atoms with Gasteiger partial charge in [0.25, 0.3) is 0 Å². The normalized spacial score (nSPS) is 29.3. The standard InChI is InChI=1S/C15H29NO2/c1-2-18-15(10-4-3-5-11-15)14(16)9-8-13-7-6-12-17-13/h13-14H,2-12,16H2,1H3. The Kier molecular flexibility index (Phi) is 5.46. The summed E-state index contributed by atoms with van der Waals surface area (Å²) in [5.41, 5.74) is 6.43. The molecule has 106 valence electrons. The second-order valence-electron chi connectivity index (χ2n) is 5.88. The minimum absolute atomic E-state index is 0.0361. The van der Waals surface area contributed by atoms with Gasteiger partial charge in [-0.05, 0) is 45.4 Å². The van der Waals surface area contributed by atoms with Gasteiger partial charge in [-0.25, -0.2) is 0 Å². The molecule has 0 aromatic rings. The summed E-state index contributed by atoms with van der Waals surface area (Å²) < 4.78 is 11.8. The fourth-order valence-corrected chi connectivity index (χ4v) is 3.56. The van der Waals surface area contributed by atoms with Crippen molar-refractivity contribution < 1.29 is 9.47 Å². The minimum Gasteiger partial charge on any atom is -0.378 e. The summed E-state index contributed by atoms with van der Waals surface area (Å²) in [6.07, 6.45) is 11.2. The molecule has 0 aromatic carbocycles. The largest absolute Gasteiger partial charge is 0.378 e. The first kappa shape index (κ1) is 14.3. The Bertz CT molecular complexity index is 227. The smallest absolute Gasteiger partial charge is 0.0832 e. The van der Waals surface area contributed by atoms with Crippen molar-refractivity contribution in [1.29, 1.82) is 0 Å². The van der Waals surface area contributed by atoms with Crippen molar-refractivity contribution in [3.8, 4) is 0 Å². The maximum absolute atomic E-state index is 6.47. The Balaban J connectivity index is 1.84. The first-order valence-electron chi connectivity index (χ1n) is 7.78. The predicted octanol–water partition coefficient (Wildman–Crippen LogP) is 3.01. The summed E-state index contributed by atoms with van der Waals surface area (Å²) >= 11 is 0. The van der Waals surface area contributed by atoms with Crippen LogP contribution in [0.5, 0.6) is 0 Å². The molecule has 1 saturated heterocycles. The van der Waals surface area contributed by atoms with Crippen molar-refractivity contribution in [2.75, 3.05) is 13.2 Å². The van der Waals surface area contributed by atoms with E-state index in [4.69, 9.17) is 15.2 Å². The fourth-order valence-electron chi connectivity index (χ4n) is 3.56. The lowest BCUT2D eigenvalue weighted by Crippen LogP contribution is -2.51. The van der Waals surface area contributed by atoms with Gasteiger partial charge < -0.3 is 15.2 Å². The van der Waals surface area contributed by atoms with E-state index in [0.717, 1.165) is 38.9 Å². The van der Waals surface area contributed by atoms with Crippen molar-refractivity contribution in [1.82, 2.24) is 0 Å². The van der Waals surface area contributed by atoms with E-state index >= 15 is 0 Å². The van der Waals surface area contributed by atoms with E-state index in [1.54, 1.807) is 0 Å². The molecule has 2 aliphatic rings. The molecular formula is C15H29NO2. The van der Waals surface area contributed by atoms with Gasteiger partial charge in [-0.2, -0.15) is 0 Å². The number of ether oxygens (including phenoxy) is 2. The van der Waals surface area contributed by atoms with Gasteiger partial charge in [0.2, 0.25) is 0 Å². The van der Waals surface area contributed by atoms with Crippen LogP contribution in [-0.2, 0) is 9.47 Å². The van der Waals surface area contributed by atoms with Gasteiger partial charge in [-0.1, -0.05) is 19.3 Å². The Morgan fingerprint density at radius 2 is 2.06 bits per heavy atom. The van der Waals surface area contributed by atoms with Crippen LogP contribution in [-0.4, -0.2) is 31.0 Å². The first-order valence-corrected chi connectivity index (χ1v) is 7.78. The monoisotopic (exact) mass is 255 g/mol. The highest BCUT2D eigenvalue weighted by Gasteiger charge is 2.38. The third kappa shape index (κ3) is 3.46. The summed E-state index contributed by atoms with van der Waals surface area (Å²) in [7, 11) is 0. The number of rotatable bonds is 6. The molecular weight excluding hydrogens is 226 g/mol. The zero-order valence-corrected chi connectivity index (χ0v) is 11.8. The molecule has 2 N–H and O–H groups in total. The van der Waals surface area contributed by atoms with Crippen LogP contribution >= 0.6 is 0 Å². The highest BCUT2D eigenvalue weighted by atomic mass is 16.5. The van der Waals surface area contributed by atoms with E-state index < -0.39 is 0 Å². The summed E-state index contributed by atoms with van der Waals surface area (Å²) in [6.45, 7) is 3.81. The average Bonchev–Trinajstić information content (AvgIpc) is 2.90. The molecule has 2 rings (SSSR count). The SMILES string of the molecule is CCOC1(C(N)CCC2CCCO2)CCCCC1. The third-order valence-electron chi connectivity index (χ3n) is 4.63. The Morgan fingerprint density at radius 3 is 2.67 bits per heavy atom. The van der Waals surface area contributed by atoms with E-state index in [0.29, 0.717) is 6.10 Å². The molecule has 2 fully saturated rings. The summed E-state index contributed by atoms with van der Waals surface area (Å²) in [6, 6.07) is 0.182. The van der Waals surface area contributed by atoms with Crippen molar-refractivity contribution in [2.24, 2.45) is 5.73 Å². The highest BCUT2D eigenvalue weighted by Crippen LogP contribution is 2.35. The number of hydrogen-bond acceptors (Lipinski definition) is 3. The van der Waals surface area contributed by atoms with E-state index in [2.05, 4.69) is 6.92 Å². The Morgan fingerprint density at radius 1 is 1.28 bits per heavy atom. The van der Waals surface area contributed by atoms with Gasteiger partial charge in [0, 0.05) is 19.3 Å². The summed E-state index contributed by atoms with van der Waals surface area (Å²) in [5, 5.41) is 0. The van der Waals surface area contributed by atoms with Crippen LogP contribution in [0.4, 0.5) is 0 Å². The molecule has 0 bridgehead atoms. The van der Waals surface area contributed by atoms with Gasteiger partial charge in [0.05, 0.1) is 11.7 Å². The molecule has 1 aliphatic heterocycles. The molecule has 0 amide bonds. The molecule has 18 heavy (non-hydrogen) atoms. The second-order valence-corrected chi connectivity index (χ2v) is 5.88. The molecule has 1 saturated carbocycles. The van der Waals surface area contributed by atoms with Gasteiger partial charge in [-0.15, -0.1) is 0 Å². The highest BCUT2D eigenvalue weighted by molar-refractivity contribution is 4.94. The third-order valence-corrected chi connectivity index (χ3v) is 4.63. The van der Waals surface area contributed by atoms with Crippen LogP contribution in [0.1, 0.15) is 64.7 Å². The molecule has 3 nitrogen and oxygen atoms in total. The summed E-state index contributed by atoms with van der Waals surface area (Å²) in [5.74, 6) is 0. The van der Waals surface area contributed by atoms with Gasteiger partial charge in [0.15, 0.2) is 0 Å². The first-order chi connectivity index (χ1) is 8.77. The molecule has 0 spiro atoms.